The molecule has 0 aromatic carbocycles. The molecule has 1 aliphatic carbocycles. The maximum absolute atomic E-state index is 3.70. The summed E-state index contributed by atoms with van der Waals surface area (Å²) in [6, 6.07) is 0. The minimum atomic E-state index is 0.575. The van der Waals surface area contributed by atoms with Crippen molar-refractivity contribution in [3.05, 3.63) is 0 Å². The zero-order valence-corrected chi connectivity index (χ0v) is 8.74. The molecule has 1 fully saturated rings. The second-order valence-corrected chi connectivity index (χ2v) is 5.81. The average Bonchev–Trinajstić information content (AvgIpc) is 1.54. The SMILES string of the molecule is CC1CC(Br)CC(C)(C)C1. The lowest BCUT2D eigenvalue weighted by Gasteiger charge is -2.36. The summed E-state index contributed by atoms with van der Waals surface area (Å²) >= 11 is 3.70. The summed E-state index contributed by atoms with van der Waals surface area (Å²) in [7, 11) is 0. The molecule has 0 bridgehead atoms. The van der Waals surface area contributed by atoms with Crippen molar-refractivity contribution in [1.29, 1.82) is 0 Å². The van der Waals surface area contributed by atoms with Gasteiger partial charge in [-0.25, -0.2) is 0 Å². The highest BCUT2D eigenvalue weighted by Crippen LogP contribution is 2.41. The van der Waals surface area contributed by atoms with Gasteiger partial charge < -0.3 is 0 Å². The standard InChI is InChI=1S/C9H17Br/c1-7-4-8(10)6-9(2,3)5-7/h7-8H,4-6H2,1-3H3. The van der Waals surface area contributed by atoms with E-state index < -0.39 is 0 Å². The summed E-state index contributed by atoms with van der Waals surface area (Å²) in [5.74, 6) is 0.910. The third kappa shape index (κ3) is 2.26. The first kappa shape index (κ1) is 8.58. The van der Waals surface area contributed by atoms with E-state index in [0.717, 1.165) is 10.7 Å². The van der Waals surface area contributed by atoms with Crippen molar-refractivity contribution < 1.29 is 0 Å². The van der Waals surface area contributed by atoms with Crippen LogP contribution < -0.4 is 0 Å². The van der Waals surface area contributed by atoms with E-state index >= 15 is 0 Å². The van der Waals surface area contributed by atoms with Crippen molar-refractivity contribution in [3.63, 3.8) is 0 Å². The Morgan fingerprint density at radius 2 is 1.90 bits per heavy atom. The van der Waals surface area contributed by atoms with Crippen LogP contribution in [0.1, 0.15) is 40.0 Å². The molecule has 2 unspecified atom stereocenters. The van der Waals surface area contributed by atoms with Gasteiger partial charge in [-0.2, -0.15) is 0 Å². The third-order valence-corrected chi connectivity index (χ3v) is 3.03. The molecule has 0 saturated heterocycles. The summed E-state index contributed by atoms with van der Waals surface area (Å²) in [6.07, 6.45) is 4.11. The fourth-order valence-corrected chi connectivity index (χ4v) is 3.74. The van der Waals surface area contributed by atoms with Crippen LogP contribution in [0.25, 0.3) is 0 Å². The Labute approximate surface area is 72.5 Å². The summed E-state index contributed by atoms with van der Waals surface area (Å²) < 4.78 is 0. The maximum Gasteiger partial charge on any atom is 0.0153 e. The first-order valence-corrected chi connectivity index (χ1v) is 5.05. The molecule has 0 spiro atoms. The van der Waals surface area contributed by atoms with Crippen LogP contribution >= 0.6 is 15.9 Å². The van der Waals surface area contributed by atoms with Crippen molar-refractivity contribution >= 4 is 15.9 Å². The maximum atomic E-state index is 3.70. The van der Waals surface area contributed by atoms with Crippen molar-refractivity contribution in [2.75, 3.05) is 0 Å². The predicted molar refractivity (Wildman–Crippen MR) is 49.5 cm³/mol. The van der Waals surface area contributed by atoms with Crippen molar-refractivity contribution in [2.45, 2.75) is 44.9 Å². The van der Waals surface area contributed by atoms with Gasteiger partial charge in [-0.1, -0.05) is 36.7 Å². The highest BCUT2D eigenvalue weighted by molar-refractivity contribution is 9.09. The van der Waals surface area contributed by atoms with Gasteiger partial charge in [0.2, 0.25) is 0 Å². The van der Waals surface area contributed by atoms with Crippen LogP contribution in [-0.4, -0.2) is 4.83 Å². The van der Waals surface area contributed by atoms with Gasteiger partial charge in [0.05, 0.1) is 0 Å². The lowest BCUT2D eigenvalue weighted by Crippen LogP contribution is -2.27. The van der Waals surface area contributed by atoms with Gasteiger partial charge in [-0.3, -0.25) is 0 Å². The molecule has 0 aromatic heterocycles. The molecular weight excluding hydrogens is 188 g/mol. The molecule has 0 heterocycles. The molecule has 2 atom stereocenters. The van der Waals surface area contributed by atoms with Crippen LogP contribution in [0.5, 0.6) is 0 Å². The van der Waals surface area contributed by atoms with E-state index in [1.165, 1.54) is 19.3 Å². The molecule has 0 amide bonds. The molecule has 0 aromatic rings. The minimum absolute atomic E-state index is 0.575. The molecule has 60 valence electrons. The highest BCUT2D eigenvalue weighted by atomic mass is 79.9. The van der Waals surface area contributed by atoms with E-state index in [9.17, 15) is 0 Å². The normalized spacial score (nSPS) is 39.6. The van der Waals surface area contributed by atoms with E-state index in [1.54, 1.807) is 0 Å². The molecule has 10 heavy (non-hydrogen) atoms. The lowest BCUT2D eigenvalue weighted by atomic mass is 9.73. The Hall–Kier alpha value is 0.480. The fourth-order valence-electron chi connectivity index (χ4n) is 2.23. The zero-order chi connectivity index (χ0) is 7.78. The van der Waals surface area contributed by atoms with Gasteiger partial charge in [0.15, 0.2) is 0 Å². The molecule has 1 heteroatoms. The van der Waals surface area contributed by atoms with Crippen molar-refractivity contribution in [2.24, 2.45) is 11.3 Å². The Balaban J connectivity index is 2.51. The quantitative estimate of drug-likeness (QED) is 0.530. The van der Waals surface area contributed by atoms with Crippen LogP contribution in [0, 0.1) is 11.3 Å². The smallest absolute Gasteiger partial charge is 0.0153 e. The minimum Gasteiger partial charge on any atom is -0.0890 e. The van der Waals surface area contributed by atoms with E-state index in [4.69, 9.17) is 0 Å². The number of hydrogen-bond acceptors (Lipinski definition) is 0. The largest absolute Gasteiger partial charge is 0.0890 e. The van der Waals surface area contributed by atoms with Crippen molar-refractivity contribution in [1.82, 2.24) is 0 Å². The summed E-state index contributed by atoms with van der Waals surface area (Å²) in [6.45, 7) is 7.10. The van der Waals surface area contributed by atoms with Gasteiger partial charge in [0.25, 0.3) is 0 Å². The molecule has 1 rings (SSSR count). The van der Waals surface area contributed by atoms with Crippen LogP contribution in [0.2, 0.25) is 0 Å². The average molecular weight is 205 g/mol. The molecular formula is C9H17Br. The fraction of sp³-hybridized carbons (Fsp3) is 1.00. The first-order valence-electron chi connectivity index (χ1n) is 4.14. The molecule has 1 saturated carbocycles. The number of alkyl halides is 1. The topological polar surface area (TPSA) is 0 Å². The van der Waals surface area contributed by atoms with Crippen LogP contribution in [0.4, 0.5) is 0 Å². The first-order chi connectivity index (χ1) is 4.49. The molecule has 1 aliphatic rings. The Morgan fingerprint density at radius 3 is 2.30 bits per heavy atom. The number of hydrogen-bond donors (Lipinski definition) is 0. The van der Waals surface area contributed by atoms with E-state index in [-0.39, 0.29) is 0 Å². The number of rotatable bonds is 0. The predicted octanol–water partition coefficient (Wildman–Crippen LogP) is 3.60. The summed E-state index contributed by atoms with van der Waals surface area (Å²) in [5, 5.41) is 0. The van der Waals surface area contributed by atoms with Gasteiger partial charge in [-0.15, -0.1) is 0 Å². The van der Waals surface area contributed by atoms with E-state index in [2.05, 4.69) is 36.7 Å². The zero-order valence-electron chi connectivity index (χ0n) is 7.15. The number of halogens is 1. The molecule has 0 N–H and O–H groups in total. The molecule has 0 nitrogen and oxygen atoms in total. The van der Waals surface area contributed by atoms with Gasteiger partial charge in [0.1, 0.15) is 0 Å². The van der Waals surface area contributed by atoms with Gasteiger partial charge >= 0.3 is 0 Å². The molecule has 0 radical (unpaired) electrons. The van der Waals surface area contributed by atoms with Gasteiger partial charge in [-0.05, 0) is 30.6 Å². The third-order valence-electron chi connectivity index (χ3n) is 2.33. The second-order valence-electron chi connectivity index (χ2n) is 4.51. The summed E-state index contributed by atoms with van der Waals surface area (Å²) in [4.78, 5) is 0.770. The Kier molecular flexibility index (Phi) is 2.44. The van der Waals surface area contributed by atoms with Gasteiger partial charge in [0, 0.05) is 4.83 Å². The van der Waals surface area contributed by atoms with Crippen LogP contribution in [0.15, 0.2) is 0 Å². The Bertz CT molecular complexity index is 106. The Morgan fingerprint density at radius 1 is 1.30 bits per heavy atom. The lowest BCUT2D eigenvalue weighted by molar-refractivity contribution is 0.199. The van der Waals surface area contributed by atoms with Crippen LogP contribution in [-0.2, 0) is 0 Å². The van der Waals surface area contributed by atoms with Crippen molar-refractivity contribution in [3.8, 4) is 0 Å². The highest BCUT2D eigenvalue weighted by Gasteiger charge is 2.30. The molecule has 0 aliphatic heterocycles. The second kappa shape index (κ2) is 2.84. The monoisotopic (exact) mass is 204 g/mol. The van der Waals surface area contributed by atoms with E-state index in [0.29, 0.717) is 5.41 Å². The van der Waals surface area contributed by atoms with Crippen LogP contribution in [0.3, 0.4) is 0 Å². The summed E-state index contributed by atoms with van der Waals surface area (Å²) in [5.41, 5.74) is 0.575. The van der Waals surface area contributed by atoms with E-state index in [1.807, 2.05) is 0 Å².